The molecular formula is C21H21ClN2O4. The van der Waals surface area contributed by atoms with Crippen molar-refractivity contribution in [3.8, 4) is 0 Å². The third-order valence-electron chi connectivity index (χ3n) is 5.94. The van der Waals surface area contributed by atoms with Crippen LogP contribution in [0.4, 0.5) is 0 Å². The highest BCUT2D eigenvalue weighted by Crippen LogP contribution is 2.61. The van der Waals surface area contributed by atoms with Gasteiger partial charge in [0.25, 0.3) is 5.91 Å². The molecule has 1 spiro atoms. The van der Waals surface area contributed by atoms with Gasteiger partial charge in [0.15, 0.2) is 17.2 Å². The Labute approximate surface area is 167 Å². The molecule has 2 fully saturated rings. The zero-order valence-corrected chi connectivity index (χ0v) is 16.3. The van der Waals surface area contributed by atoms with Gasteiger partial charge in [-0.15, -0.1) is 0 Å². The van der Waals surface area contributed by atoms with Gasteiger partial charge in [-0.3, -0.25) is 4.79 Å². The largest absolute Gasteiger partial charge is 0.453 e. The summed E-state index contributed by atoms with van der Waals surface area (Å²) >= 11 is 6.02. The summed E-state index contributed by atoms with van der Waals surface area (Å²) in [5, 5.41) is 3.73. The summed E-state index contributed by atoms with van der Waals surface area (Å²) in [6.45, 7) is 0.364. The van der Waals surface area contributed by atoms with Crippen molar-refractivity contribution in [1.82, 2.24) is 10.3 Å². The molecule has 0 aliphatic heterocycles. The molecule has 2 heterocycles. The quantitative estimate of drug-likeness (QED) is 0.673. The van der Waals surface area contributed by atoms with E-state index in [0.717, 1.165) is 42.7 Å². The number of furan rings is 1. The lowest BCUT2D eigenvalue weighted by Gasteiger charge is -2.57. The van der Waals surface area contributed by atoms with E-state index < -0.39 is 0 Å². The smallest absolute Gasteiger partial charge is 0.287 e. The Balaban J connectivity index is 1.14. The molecule has 0 radical (unpaired) electrons. The van der Waals surface area contributed by atoms with Crippen LogP contribution in [-0.2, 0) is 11.3 Å². The zero-order chi connectivity index (χ0) is 19.3. The number of methoxy groups -OCH3 is 1. The molecule has 2 saturated carbocycles. The molecule has 1 N–H and O–H groups in total. The highest BCUT2D eigenvalue weighted by atomic mass is 35.5. The summed E-state index contributed by atoms with van der Waals surface area (Å²) in [5.74, 6) is 1.99. The number of hydrogen-bond donors (Lipinski definition) is 1. The number of oxazole rings is 1. The highest BCUT2D eigenvalue weighted by Gasteiger charge is 2.54. The second-order valence-electron chi connectivity index (χ2n) is 8.05. The highest BCUT2D eigenvalue weighted by molar-refractivity contribution is 6.31. The Bertz CT molecular complexity index is 1030. The fraction of sp³-hybridized carbons (Fsp3) is 0.429. The predicted octanol–water partition coefficient (Wildman–Crippen LogP) is 4.68. The Kier molecular flexibility index (Phi) is 4.21. The van der Waals surface area contributed by atoms with E-state index in [2.05, 4.69) is 10.3 Å². The van der Waals surface area contributed by atoms with Crippen molar-refractivity contribution < 1.29 is 18.4 Å². The number of ether oxygens (including phenoxy) is 1. The van der Waals surface area contributed by atoms with Gasteiger partial charge in [0.05, 0.1) is 0 Å². The molecular weight excluding hydrogens is 380 g/mol. The van der Waals surface area contributed by atoms with E-state index in [4.69, 9.17) is 25.2 Å². The first-order chi connectivity index (χ1) is 13.5. The molecule has 7 heteroatoms. The Morgan fingerprint density at radius 2 is 2.07 bits per heavy atom. The topological polar surface area (TPSA) is 77.5 Å². The molecule has 28 heavy (non-hydrogen) atoms. The van der Waals surface area contributed by atoms with Crippen LogP contribution in [-0.4, -0.2) is 24.0 Å². The van der Waals surface area contributed by atoms with Gasteiger partial charge in [0, 0.05) is 24.1 Å². The fourth-order valence-corrected chi connectivity index (χ4v) is 4.82. The van der Waals surface area contributed by atoms with Gasteiger partial charge in [-0.2, -0.15) is 0 Å². The second-order valence-corrected chi connectivity index (χ2v) is 8.48. The average Bonchev–Trinajstić information content (AvgIpc) is 3.22. The van der Waals surface area contributed by atoms with Gasteiger partial charge in [0.1, 0.15) is 17.9 Å². The number of nitrogens with one attached hydrogen (secondary N) is 1. The van der Waals surface area contributed by atoms with Crippen LogP contribution in [0.25, 0.3) is 11.1 Å². The second kappa shape index (κ2) is 6.64. The third-order valence-corrected chi connectivity index (χ3v) is 6.18. The maximum atomic E-state index is 12.3. The maximum absolute atomic E-state index is 12.3. The van der Waals surface area contributed by atoms with Gasteiger partial charge in [-0.05, 0) is 61.4 Å². The molecule has 1 aromatic carbocycles. The van der Waals surface area contributed by atoms with E-state index in [0.29, 0.717) is 34.5 Å². The van der Waals surface area contributed by atoms with E-state index in [1.54, 1.807) is 19.2 Å². The number of fused-ring (bicyclic) bond motifs is 1. The van der Waals surface area contributed by atoms with E-state index in [1.807, 2.05) is 18.2 Å². The first-order valence-electron chi connectivity index (χ1n) is 9.48. The predicted molar refractivity (Wildman–Crippen MR) is 103 cm³/mol. The van der Waals surface area contributed by atoms with Crippen molar-refractivity contribution in [3.63, 3.8) is 0 Å². The number of hydrogen-bond acceptors (Lipinski definition) is 5. The van der Waals surface area contributed by atoms with E-state index in [1.165, 1.54) is 0 Å². The molecule has 0 atom stereocenters. The van der Waals surface area contributed by atoms with Crippen LogP contribution in [0.1, 0.15) is 53.8 Å². The van der Waals surface area contributed by atoms with Crippen LogP contribution in [0.5, 0.6) is 0 Å². The normalized spacial score (nSPS) is 26.2. The summed E-state index contributed by atoms with van der Waals surface area (Å²) in [6.07, 6.45) is 4.09. The molecule has 2 aliphatic carbocycles. The molecule has 1 amide bonds. The number of rotatable bonds is 5. The summed E-state index contributed by atoms with van der Waals surface area (Å²) in [6, 6.07) is 9.18. The third kappa shape index (κ3) is 3.10. The maximum Gasteiger partial charge on any atom is 0.287 e. The van der Waals surface area contributed by atoms with Crippen LogP contribution >= 0.6 is 11.6 Å². The lowest BCUT2D eigenvalue weighted by molar-refractivity contribution is -0.0256. The minimum Gasteiger partial charge on any atom is -0.453 e. The number of aromatic nitrogens is 1. The number of carbonyl (C=O) groups is 1. The number of benzene rings is 1. The molecule has 3 aromatic rings. The van der Waals surface area contributed by atoms with E-state index in [-0.39, 0.29) is 11.9 Å². The summed E-state index contributed by atoms with van der Waals surface area (Å²) in [7, 11) is 1.60. The minimum absolute atomic E-state index is 0.158. The molecule has 2 aliphatic rings. The number of nitrogens with zero attached hydrogens (tertiary/aromatic N) is 1. The van der Waals surface area contributed by atoms with Crippen LogP contribution in [0, 0.1) is 5.41 Å². The van der Waals surface area contributed by atoms with E-state index in [9.17, 15) is 4.79 Å². The van der Waals surface area contributed by atoms with Gasteiger partial charge in [-0.1, -0.05) is 11.6 Å². The van der Waals surface area contributed by atoms with Gasteiger partial charge in [0.2, 0.25) is 0 Å². The van der Waals surface area contributed by atoms with Gasteiger partial charge >= 0.3 is 0 Å². The Hall–Kier alpha value is -2.31. The standard InChI is InChI=1S/C21H21ClN2O4/c1-26-11-15-3-5-18(27-15)19(25)23-14-9-21(10-14)7-12(8-21)20-24-16-6-13(22)2-4-17(16)28-20/h2-6,12,14H,7-11H2,1H3,(H,23,25). The minimum atomic E-state index is -0.158. The molecule has 2 aromatic heterocycles. The molecule has 6 nitrogen and oxygen atoms in total. The first kappa shape index (κ1) is 17.8. The van der Waals surface area contributed by atoms with Crippen LogP contribution in [0.2, 0.25) is 5.02 Å². The van der Waals surface area contributed by atoms with Crippen molar-refractivity contribution in [2.24, 2.45) is 5.41 Å². The van der Waals surface area contributed by atoms with Crippen molar-refractivity contribution in [1.29, 1.82) is 0 Å². The van der Waals surface area contributed by atoms with Crippen molar-refractivity contribution in [2.75, 3.05) is 7.11 Å². The zero-order valence-electron chi connectivity index (χ0n) is 15.5. The van der Waals surface area contributed by atoms with E-state index >= 15 is 0 Å². The summed E-state index contributed by atoms with van der Waals surface area (Å²) in [5.41, 5.74) is 1.91. The van der Waals surface area contributed by atoms with Crippen LogP contribution in [0.3, 0.4) is 0 Å². The van der Waals surface area contributed by atoms with Crippen LogP contribution in [0.15, 0.2) is 39.2 Å². The SMILES string of the molecule is COCc1ccc(C(=O)NC2CC3(C2)CC(c2nc4cc(Cl)ccc4o2)C3)o1. The van der Waals surface area contributed by atoms with Crippen molar-refractivity contribution >= 4 is 28.6 Å². The van der Waals surface area contributed by atoms with Crippen molar-refractivity contribution in [2.45, 2.75) is 44.2 Å². The molecule has 0 bridgehead atoms. The number of halogens is 1. The fourth-order valence-electron chi connectivity index (χ4n) is 4.65. The number of amides is 1. The first-order valence-corrected chi connectivity index (χ1v) is 9.86. The number of carbonyl (C=O) groups excluding carboxylic acids is 1. The molecule has 5 rings (SSSR count). The summed E-state index contributed by atoms with van der Waals surface area (Å²) < 4.78 is 16.4. The molecule has 0 unspecified atom stereocenters. The van der Waals surface area contributed by atoms with Crippen LogP contribution < -0.4 is 5.32 Å². The Morgan fingerprint density at radius 3 is 2.86 bits per heavy atom. The van der Waals surface area contributed by atoms with Crippen molar-refractivity contribution in [3.05, 3.63) is 52.8 Å². The monoisotopic (exact) mass is 400 g/mol. The molecule has 146 valence electrons. The molecule has 0 saturated heterocycles. The lowest BCUT2D eigenvalue weighted by atomic mass is 9.50. The Morgan fingerprint density at radius 1 is 1.25 bits per heavy atom. The average molecular weight is 401 g/mol. The van der Waals surface area contributed by atoms with Gasteiger partial charge in [-0.25, -0.2) is 4.98 Å². The van der Waals surface area contributed by atoms with Gasteiger partial charge < -0.3 is 18.9 Å². The lowest BCUT2D eigenvalue weighted by Crippen LogP contribution is -2.55. The summed E-state index contributed by atoms with van der Waals surface area (Å²) in [4.78, 5) is 16.9.